The molecule has 100 valence electrons. The fraction of sp³-hybridized carbons (Fsp3) is 0.312. The lowest BCUT2D eigenvalue weighted by Gasteiger charge is -2.20. The normalized spacial score (nSPS) is 13.3. The van der Waals surface area contributed by atoms with Crippen LogP contribution in [0, 0.1) is 0 Å². The predicted octanol–water partition coefficient (Wildman–Crippen LogP) is 4.08. The van der Waals surface area contributed by atoms with Crippen LogP contribution >= 0.6 is 11.6 Å². The molecule has 0 spiro atoms. The second-order valence-corrected chi connectivity index (χ2v) is 6.13. The van der Waals surface area contributed by atoms with E-state index >= 15 is 0 Å². The van der Waals surface area contributed by atoms with Gasteiger partial charge in [-0.3, -0.25) is 4.98 Å². The Balaban J connectivity index is 2.31. The first-order valence-electron chi connectivity index (χ1n) is 6.36. The summed E-state index contributed by atoms with van der Waals surface area (Å²) in [5.74, 6) is 0. The van der Waals surface area contributed by atoms with Crippen molar-refractivity contribution in [2.45, 2.75) is 32.2 Å². The van der Waals surface area contributed by atoms with Gasteiger partial charge in [-0.15, -0.1) is 0 Å². The van der Waals surface area contributed by atoms with Gasteiger partial charge < -0.3 is 5.73 Å². The molecule has 0 saturated heterocycles. The van der Waals surface area contributed by atoms with Crippen LogP contribution in [0.2, 0.25) is 5.02 Å². The van der Waals surface area contributed by atoms with Gasteiger partial charge >= 0.3 is 0 Å². The Morgan fingerprint density at radius 3 is 2.26 bits per heavy atom. The molecule has 2 nitrogen and oxygen atoms in total. The summed E-state index contributed by atoms with van der Waals surface area (Å²) in [6.07, 6.45) is 1.71. The van der Waals surface area contributed by atoms with E-state index in [0.29, 0.717) is 10.7 Å². The van der Waals surface area contributed by atoms with Gasteiger partial charge in [0.1, 0.15) is 0 Å². The van der Waals surface area contributed by atoms with Crippen LogP contribution < -0.4 is 5.73 Å². The molecule has 0 saturated carbocycles. The highest BCUT2D eigenvalue weighted by atomic mass is 35.5. The monoisotopic (exact) mass is 274 g/mol. The molecule has 0 amide bonds. The number of benzene rings is 1. The van der Waals surface area contributed by atoms with Crippen LogP contribution in [0.25, 0.3) is 0 Å². The third-order valence-electron chi connectivity index (χ3n) is 3.22. The minimum absolute atomic E-state index is 0.144. The second-order valence-electron chi connectivity index (χ2n) is 5.72. The lowest BCUT2D eigenvalue weighted by Crippen LogP contribution is -2.15. The van der Waals surface area contributed by atoms with Gasteiger partial charge in [0.15, 0.2) is 0 Å². The molecule has 1 aromatic carbocycles. The van der Waals surface area contributed by atoms with Gasteiger partial charge in [0.25, 0.3) is 0 Å². The molecule has 0 aliphatic carbocycles. The smallest absolute Gasteiger partial charge is 0.0802 e. The van der Waals surface area contributed by atoms with Gasteiger partial charge in [0.2, 0.25) is 0 Å². The largest absolute Gasteiger partial charge is 0.319 e. The van der Waals surface area contributed by atoms with Crippen molar-refractivity contribution in [1.29, 1.82) is 0 Å². The summed E-state index contributed by atoms with van der Waals surface area (Å²) >= 11 is 6.13. The molecule has 2 N–H and O–H groups in total. The minimum atomic E-state index is -0.289. The highest BCUT2D eigenvalue weighted by Gasteiger charge is 2.16. The third-order valence-corrected chi connectivity index (χ3v) is 3.54. The summed E-state index contributed by atoms with van der Waals surface area (Å²) in [5, 5.41) is 0.606. The van der Waals surface area contributed by atoms with Crippen molar-refractivity contribution < 1.29 is 0 Å². The molecule has 0 bridgehead atoms. The maximum Gasteiger partial charge on any atom is 0.0802 e. The van der Waals surface area contributed by atoms with E-state index in [4.69, 9.17) is 17.3 Å². The topological polar surface area (TPSA) is 38.9 Å². The van der Waals surface area contributed by atoms with Gasteiger partial charge in [-0.2, -0.15) is 0 Å². The Labute approximate surface area is 119 Å². The number of halogens is 1. The number of hydrogen-bond donors (Lipinski definition) is 1. The first kappa shape index (κ1) is 14.0. The third kappa shape index (κ3) is 3.14. The number of nitrogens with two attached hydrogens (primary N) is 1. The van der Waals surface area contributed by atoms with Crippen LogP contribution in [-0.4, -0.2) is 4.98 Å². The quantitative estimate of drug-likeness (QED) is 0.896. The Morgan fingerprint density at radius 1 is 1.11 bits per heavy atom. The number of nitrogens with zero attached hydrogens (tertiary/aromatic N) is 1. The molecule has 1 unspecified atom stereocenters. The van der Waals surface area contributed by atoms with Crippen molar-refractivity contribution in [2.24, 2.45) is 5.73 Å². The summed E-state index contributed by atoms with van der Waals surface area (Å²) in [6, 6.07) is 11.7. The number of pyridine rings is 1. The van der Waals surface area contributed by atoms with E-state index in [0.717, 1.165) is 5.56 Å². The van der Waals surface area contributed by atoms with Crippen LogP contribution in [0.3, 0.4) is 0 Å². The van der Waals surface area contributed by atoms with Crippen LogP contribution in [0.1, 0.15) is 43.6 Å². The molecule has 1 heterocycles. The SMILES string of the molecule is CC(C)(C)c1ccc(C(N)c2ncccc2Cl)cc1. The molecule has 3 heteroatoms. The summed E-state index contributed by atoms with van der Waals surface area (Å²) in [4.78, 5) is 4.27. The zero-order valence-electron chi connectivity index (χ0n) is 11.5. The van der Waals surface area contributed by atoms with Crippen molar-refractivity contribution in [3.63, 3.8) is 0 Å². The minimum Gasteiger partial charge on any atom is -0.319 e. The van der Waals surface area contributed by atoms with Crippen LogP contribution in [0.5, 0.6) is 0 Å². The molecule has 0 aliphatic rings. The van der Waals surface area contributed by atoms with E-state index in [9.17, 15) is 0 Å². The van der Waals surface area contributed by atoms with Crippen molar-refractivity contribution in [3.8, 4) is 0 Å². The Hall–Kier alpha value is -1.38. The predicted molar refractivity (Wildman–Crippen MR) is 80.4 cm³/mol. The Morgan fingerprint density at radius 2 is 1.74 bits per heavy atom. The summed E-state index contributed by atoms with van der Waals surface area (Å²) in [5.41, 5.74) is 9.40. The van der Waals surface area contributed by atoms with E-state index in [1.54, 1.807) is 12.3 Å². The summed E-state index contributed by atoms with van der Waals surface area (Å²) in [7, 11) is 0. The highest BCUT2D eigenvalue weighted by Crippen LogP contribution is 2.27. The van der Waals surface area contributed by atoms with E-state index in [1.165, 1.54) is 5.56 Å². The van der Waals surface area contributed by atoms with E-state index in [-0.39, 0.29) is 11.5 Å². The molecule has 0 fully saturated rings. The first-order chi connectivity index (χ1) is 8.89. The molecular weight excluding hydrogens is 256 g/mol. The molecule has 1 aromatic heterocycles. The van der Waals surface area contributed by atoms with E-state index in [2.05, 4.69) is 50.0 Å². The molecule has 2 rings (SSSR count). The summed E-state index contributed by atoms with van der Waals surface area (Å²) in [6.45, 7) is 6.58. The molecule has 0 radical (unpaired) electrons. The summed E-state index contributed by atoms with van der Waals surface area (Å²) < 4.78 is 0. The lowest BCUT2D eigenvalue weighted by atomic mass is 9.86. The Kier molecular flexibility index (Phi) is 3.93. The maximum atomic E-state index is 6.23. The zero-order valence-corrected chi connectivity index (χ0v) is 12.3. The number of rotatable bonds is 2. The lowest BCUT2D eigenvalue weighted by molar-refractivity contribution is 0.589. The molecule has 0 aliphatic heterocycles. The van der Waals surface area contributed by atoms with Crippen LogP contribution in [0.15, 0.2) is 42.6 Å². The molecular formula is C16H19ClN2. The van der Waals surface area contributed by atoms with Gasteiger partial charge in [-0.25, -0.2) is 0 Å². The average molecular weight is 275 g/mol. The zero-order chi connectivity index (χ0) is 14.0. The fourth-order valence-corrected chi connectivity index (χ4v) is 2.21. The van der Waals surface area contributed by atoms with Crippen LogP contribution in [0.4, 0.5) is 0 Å². The van der Waals surface area contributed by atoms with Gasteiger partial charge in [0.05, 0.1) is 16.8 Å². The van der Waals surface area contributed by atoms with Gasteiger partial charge in [-0.05, 0) is 28.7 Å². The number of hydrogen-bond acceptors (Lipinski definition) is 2. The van der Waals surface area contributed by atoms with Crippen molar-refractivity contribution in [1.82, 2.24) is 4.98 Å². The van der Waals surface area contributed by atoms with Crippen molar-refractivity contribution in [3.05, 3.63) is 64.4 Å². The van der Waals surface area contributed by atoms with Crippen molar-refractivity contribution >= 4 is 11.6 Å². The van der Waals surface area contributed by atoms with E-state index < -0.39 is 0 Å². The highest BCUT2D eigenvalue weighted by molar-refractivity contribution is 6.31. The maximum absolute atomic E-state index is 6.23. The second kappa shape index (κ2) is 5.32. The van der Waals surface area contributed by atoms with E-state index in [1.807, 2.05) is 6.07 Å². The van der Waals surface area contributed by atoms with Gasteiger partial charge in [0, 0.05) is 6.20 Å². The van der Waals surface area contributed by atoms with Crippen LogP contribution in [-0.2, 0) is 5.41 Å². The fourth-order valence-electron chi connectivity index (χ4n) is 1.98. The molecule has 19 heavy (non-hydrogen) atoms. The van der Waals surface area contributed by atoms with Crippen molar-refractivity contribution in [2.75, 3.05) is 0 Å². The molecule has 1 atom stereocenters. The Bertz CT molecular complexity index is 556. The standard InChI is InChI=1S/C16H19ClN2/c1-16(2,3)12-8-6-11(7-9-12)14(18)15-13(17)5-4-10-19-15/h4-10,14H,18H2,1-3H3. The molecule has 2 aromatic rings. The first-order valence-corrected chi connectivity index (χ1v) is 6.74. The average Bonchev–Trinajstić information content (AvgIpc) is 2.38. The van der Waals surface area contributed by atoms with Gasteiger partial charge in [-0.1, -0.05) is 56.6 Å². The number of aromatic nitrogens is 1.